The maximum absolute atomic E-state index is 10.6. The molecule has 0 aliphatic carbocycles. The minimum atomic E-state index is 0.0578. The maximum Gasteiger partial charge on any atom is 0.168 e. The molecule has 0 bridgehead atoms. The van der Waals surface area contributed by atoms with Crippen molar-refractivity contribution in [2.24, 2.45) is 0 Å². The fraction of sp³-hybridized carbons (Fsp3) is 0.0545. The Labute approximate surface area is 403 Å². The van der Waals surface area contributed by atoms with Gasteiger partial charge in [-0.3, -0.25) is 58.5 Å². The van der Waals surface area contributed by atoms with Crippen molar-refractivity contribution < 1.29 is 48.5 Å². The van der Waals surface area contributed by atoms with Crippen LogP contribution in [0.15, 0.2) is 183 Å². The number of para-hydroxylation sites is 2. The van der Waals surface area contributed by atoms with Crippen LogP contribution in [0.3, 0.4) is 0 Å². The predicted octanol–water partition coefficient (Wildman–Crippen LogP) is 9.89. The van der Waals surface area contributed by atoms with Crippen molar-refractivity contribution in [2.75, 3.05) is 6.61 Å². The van der Waals surface area contributed by atoms with Crippen molar-refractivity contribution in [2.45, 2.75) is 13.8 Å². The van der Waals surface area contributed by atoms with E-state index in [0.29, 0.717) is 57.7 Å². The summed E-state index contributed by atoms with van der Waals surface area (Å²) in [5, 5.41) is 19.9. The molecule has 5 heterocycles. The molecule has 2 N–H and O–H groups in total. The molecule has 0 saturated heterocycles. The molecule has 4 aromatic carbocycles. The minimum Gasteiger partial charge on any atom is -0.508 e. The van der Waals surface area contributed by atoms with Crippen molar-refractivity contribution in [1.29, 1.82) is 0 Å². The first kappa shape index (κ1) is 54.6. The van der Waals surface area contributed by atoms with E-state index in [4.69, 9.17) is 9.84 Å². The smallest absolute Gasteiger partial charge is 0.168 e. The number of aryl methyl sites for hydroxylation is 1. The summed E-state index contributed by atoms with van der Waals surface area (Å²) in [7, 11) is 0. The molecule has 15 heteroatoms. The number of benzene rings is 4. The lowest BCUT2D eigenvalue weighted by Gasteiger charge is -2.04. The zero-order valence-corrected chi connectivity index (χ0v) is 38.0. The standard InChI is InChI=1S/2C10H7NO.C9H10O3.C7H7NO.C7H6O2.2C6H5NO/c12-7-8-5-9-3-1-2-4-10(9)11-6-8;12-7-8-5-6-11-10-4-2-1-3-9(8)10;1-2-12-9-5-7(6-10)3-4-8(9)11;1-6-3-2-4-7(5-9)8-6;8-5-6-1-3-7(9)4-2-6;8-5-6-1-3-7-4-2-6;8-5-6-2-1-3-7-4-6/h2*1-7H;3-6,11H,2H2,1H3;2-5H,1H3;1-5,9H;2*1-5H. The molecule has 0 atom stereocenters. The number of aromatic hydroxyl groups is 2. The van der Waals surface area contributed by atoms with E-state index in [1.807, 2.05) is 80.6 Å². The molecular formula is C55H47N5O10. The Morgan fingerprint density at radius 3 is 1.70 bits per heavy atom. The summed E-state index contributed by atoms with van der Waals surface area (Å²) in [5.41, 5.74) is 6.82. The fourth-order valence-electron chi connectivity index (χ4n) is 5.32. The molecule has 9 aromatic rings. The van der Waals surface area contributed by atoms with Gasteiger partial charge >= 0.3 is 0 Å². The summed E-state index contributed by atoms with van der Waals surface area (Å²) in [6.45, 7) is 4.13. The van der Waals surface area contributed by atoms with E-state index < -0.39 is 0 Å². The first-order chi connectivity index (χ1) is 34.1. The van der Waals surface area contributed by atoms with E-state index in [2.05, 4.69) is 24.9 Å². The molecular weight excluding hydrogens is 891 g/mol. The highest BCUT2D eigenvalue weighted by atomic mass is 16.5. The van der Waals surface area contributed by atoms with Gasteiger partial charge in [0.1, 0.15) is 30.3 Å². The highest BCUT2D eigenvalue weighted by Gasteiger charge is 2.02. The van der Waals surface area contributed by atoms with Crippen molar-refractivity contribution in [3.63, 3.8) is 0 Å². The van der Waals surface area contributed by atoms with Crippen LogP contribution in [0.2, 0.25) is 0 Å². The third kappa shape index (κ3) is 20.2. The number of aldehydes is 7. The van der Waals surface area contributed by atoms with Gasteiger partial charge in [0.05, 0.1) is 17.6 Å². The average molecular weight is 938 g/mol. The monoisotopic (exact) mass is 937 g/mol. The summed E-state index contributed by atoms with van der Waals surface area (Å²) in [5.74, 6) is 0.588. The molecule has 0 amide bonds. The van der Waals surface area contributed by atoms with Gasteiger partial charge in [-0.1, -0.05) is 42.5 Å². The van der Waals surface area contributed by atoms with Crippen LogP contribution in [-0.2, 0) is 0 Å². The Morgan fingerprint density at radius 2 is 1.13 bits per heavy atom. The third-order valence-corrected chi connectivity index (χ3v) is 8.70. The molecule has 15 nitrogen and oxygen atoms in total. The first-order valence-corrected chi connectivity index (χ1v) is 20.9. The molecule has 0 fully saturated rings. The van der Waals surface area contributed by atoms with Crippen LogP contribution in [0.1, 0.15) is 85.3 Å². The second-order valence-electron chi connectivity index (χ2n) is 13.7. The molecule has 5 aromatic heterocycles. The molecule has 0 aliphatic rings. The number of ether oxygens (including phenoxy) is 1. The van der Waals surface area contributed by atoms with E-state index in [1.165, 1.54) is 36.5 Å². The molecule has 0 unspecified atom stereocenters. The van der Waals surface area contributed by atoms with E-state index >= 15 is 0 Å². The minimum absolute atomic E-state index is 0.0578. The van der Waals surface area contributed by atoms with Gasteiger partial charge in [0.2, 0.25) is 0 Å². The largest absolute Gasteiger partial charge is 0.508 e. The maximum atomic E-state index is 10.6. The summed E-state index contributed by atoms with van der Waals surface area (Å²) in [4.78, 5) is 91.1. The summed E-state index contributed by atoms with van der Waals surface area (Å²) in [6.07, 6.45) is 15.0. The lowest BCUT2D eigenvalue weighted by Crippen LogP contribution is -1.92. The number of phenolic OH excluding ortho intramolecular Hbond substituents is 2. The van der Waals surface area contributed by atoms with Crippen LogP contribution in [0, 0.1) is 6.92 Å². The van der Waals surface area contributed by atoms with E-state index in [0.717, 1.165) is 65.2 Å². The second kappa shape index (κ2) is 32.0. The van der Waals surface area contributed by atoms with Gasteiger partial charge in [0, 0.05) is 87.0 Å². The van der Waals surface area contributed by atoms with Crippen LogP contribution >= 0.6 is 0 Å². The fourth-order valence-corrected chi connectivity index (χ4v) is 5.32. The van der Waals surface area contributed by atoms with Crippen molar-refractivity contribution in [3.8, 4) is 17.2 Å². The number of carbonyl (C=O) groups is 7. The first-order valence-electron chi connectivity index (χ1n) is 20.9. The normalized spacial score (nSPS) is 9.29. The average Bonchev–Trinajstić information content (AvgIpc) is 3.43. The second-order valence-corrected chi connectivity index (χ2v) is 13.7. The number of phenols is 2. The third-order valence-electron chi connectivity index (χ3n) is 8.70. The number of fused-ring (bicyclic) bond motifs is 2. The van der Waals surface area contributed by atoms with Crippen LogP contribution in [0.25, 0.3) is 21.8 Å². The summed E-state index contributed by atoms with van der Waals surface area (Å²) < 4.78 is 5.07. The Kier molecular flexibility index (Phi) is 24.9. The Hall–Kier alpha value is -9.76. The van der Waals surface area contributed by atoms with Gasteiger partial charge in [-0.2, -0.15) is 0 Å². The number of hydrogen-bond donors (Lipinski definition) is 2. The highest BCUT2D eigenvalue weighted by Crippen LogP contribution is 2.26. The van der Waals surface area contributed by atoms with Crippen LogP contribution < -0.4 is 4.74 Å². The zero-order valence-electron chi connectivity index (χ0n) is 38.0. The van der Waals surface area contributed by atoms with Crippen LogP contribution in [0.4, 0.5) is 0 Å². The molecule has 9 rings (SSSR count). The molecule has 352 valence electrons. The number of rotatable bonds is 9. The molecule has 0 aliphatic heterocycles. The summed E-state index contributed by atoms with van der Waals surface area (Å²) in [6, 6.07) is 41.5. The number of nitrogens with zero attached hydrogens (tertiary/aromatic N) is 5. The number of aromatic nitrogens is 5. The molecule has 0 spiro atoms. The SMILES string of the molecule is CCOc1cc(C=O)ccc1O.Cc1cccc(C=O)n1.O=Cc1ccc(O)cc1.O=Cc1cccnc1.O=Cc1ccnc2ccccc12.O=Cc1ccncc1.O=Cc1cnc2ccccc2c1. The van der Waals surface area contributed by atoms with Crippen LogP contribution in [0.5, 0.6) is 17.2 Å². The van der Waals surface area contributed by atoms with Gasteiger partial charge in [-0.25, -0.2) is 0 Å². The van der Waals surface area contributed by atoms with Crippen LogP contribution in [-0.4, -0.2) is 85.7 Å². The van der Waals surface area contributed by atoms with Gasteiger partial charge < -0.3 is 14.9 Å². The Bertz CT molecular complexity index is 2970. The van der Waals surface area contributed by atoms with E-state index in [1.54, 1.807) is 79.5 Å². The molecule has 0 saturated carbocycles. The quantitative estimate of drug-likeness (QED) is 0.128. The van der Waals surface area contributed by atoms with Gasteiger partial charge in [0.15, 0.2) is 36.6 Å². The van der Waals surface area contributed by atoms with Gasteiger partial charge in [-0.15, -0.1) is 0 Å². The van der Waals surface area contributed by atoms with Crippen molar-refractivity contribution in [3.05, 3.63) is 228 Å². The molecule has 0 radical (unpaired) electrons. The summed E-state index contributed by atoms with van der Waals surface area (Å²) >= 11 is 0. The van der Waals surface area contributed by atoms with E-state index in [-0.39, 0.29) is 11.5 Å². The zero-order chi connectivity index (χ0) is 50.8. The van der Waals surface area contributed by atoms with E-state index in [9.17, 15) is 38.7 Å². The number of pyridine rings is 5. The lowest BCUT2D eigenvalue weighted by molar-refractivity contribution is 0.111. The Morgan fingerprint density at radius 1 is 0.486 bits per heavy atom. The number of carbonyl (C=O) groups excluding carboxylic acids is 7. The Balaban J connectivity index is 0.000000217. The highest BCUT2D eigenvalue weighted by molar-refractivity contribution is 5.96. The van der Waals surface area contributed by atoms with Crippen molar-refractivity contribution >= 4 is 65.8 Å². The van der Waals surface area contributed by atoms with Crippen molar-refractivity contribution in [1.82, 2.24) is 24.9 Å². The lowest BCUT2D eigenvalue weighted by atomic mass is 10.1. The predicted molar refractivity (Wildman–Crippen MR) is 266 cm³/mol. The topological polar surface area (TPSA) is 234 Å². The molecule has 70 heavy (non-hydrogen) atoms. The van der Waals surface area contributed by atoms with Gasteiger partial charge in [0.25, 0.3) is 0 Å². The number of hydrogen-bond acceptors (Lipinski definition) is 15. The van der Waals surface area contributed by atoms with Gasteiger partial charge in [-0.05, 0) is 117 Å².